The number of fused-ring (bicyclic) bond motifs is 3. The Morgan fingerprint density at radius 2 is 1.52 bits per heavy atom. The number of hydrogen-bond donors (Lipinski definition) is 0. The monoisotopic (exact) mass is 786 g/mol. The number of pyridine rings is 2. The van der Waals surface area contributed by atoms with Crippen molar-refractivity contribution < 1.29 is 24.2 Å². The van der Waals surface area contributed by atoms with Gasteiger partial charge in [0.1, 0.15) is 0 Å². The van der Waals surface area contributed by atoms with Gasteiger partial charge < -0.3 is 9.97 Å². The standard InChI is InChI=1S/C25H18NS.C14H16NSi.Ir/c1-16-11-12-19(13-21(16)18-8-4-3-5-9-18)23-14-24-22(15-26-23)20-10-6-7-17(2)25(20)27-24;1-16(2,3)13-9-10-14(15-11-13)12-7-5-4-6-8-12;/h3-11,13-15H,1-2H3;4-7,9-11H,1-3H3;/q2*-1;/i2D3;;. The summed E-state index contributed by atoms with van der Waals surface area (Å²) in [6.07, 6.45) is 3.87. The van der Waals surface area contributed by atoms with Crippen molar-refractivity contribution in [2.75, 3.05) is 0 Å². The normalized spacial score (nSPS) is 12.4. The fourth-order valence-corrected chi connectivity index (χ4v) is 7.19. The summed E-state index contributed by atoms with van der Waals surface area (Å²) in [5, 5.41) is 3.33. The molecule has 2 nitrogen and oxygen atoms in total. The topological polar surface area (TPSA) is 25.8 Å². The summed E-state index contributed by atoms with van der Waals surface area (Å²) in [6, 6.07) is 40.7. The van der Waals surface area contributed by atoms with Crippen LogP contribution in [0, 0.1) is 25.9 Å². The summed E-state index contributed by atoms with van der Waals surface area (Å²) in [7, 11) is -1.23. The first-order valence-electron chi connectivity index (χ1n) is 15.8. The third kappa shape index (κ3) is 6.82. The minimum absolute atomic E-state index is 0. The largest absolute Gasteiger partial charge is 0.305 e. The second-order valence-corrected chi connectivity index (χ2v) is 17.7. The van der Waals surface area contributed by atoms with E-state index < -0.39 is 14.9 Å². The number of hydrogen-bond acceptors (Lipinski definition) is 3. The van der Waals surface area contributed by atoms with Gasteiger partial charge in [-0.2, -0.15) is 0 Å². The molecule has 0 saturated heterocycles. The van der Waals surface area contributed by atoms with Crippen LogP contribution in [-0.4, -0.2) is 18.0 Å². The third-order valence-electron chi connectivity index (χ3n) is 7.52. The first-order chi connectivity index (χ1) is 22.0. The van der Waals surface area contributed by atoms with Crippen molar-refractivity contribution >= 4 is 44.8 Å². The van der Waals surface area contributed by atoms with E-state index in [0.29, 0.717) is 5.56 Å². The van der Waals surface area contributed by atoms with Gasteiger partial charge in [-0.05, 0) is 34.6 Å². The Labute approximate surface area is 283 Å². The van der Waals surface area contributed by atoms with Gasteiger partial charge in [0.15, 0.2) is 0 Å². The summed E-state index contributed by atoms with van der Waals surface area (Å²) in [5.74, 6) is 0. The average molecular weight is 786 g/mol. The fraction of sp³-hybridized carbons (Fsp3) is 0.128. The zero-order valence-corrected chi connectivity index (χ0v) is 29.3. The maximum absolute atomic E-state index is 7.85. The van der Waals surface area contributed by atoms with E-state index >= 15 is 0 Å². The van der Waals surface area contributed by atoms with Gasteiger partial charge in [-0.3, -0.25) is 0 Å². The van der Waals surface area contributed by atoms with E-state index in [0.717, 1.165) is 59.4 Å². The van der Waals surface area contributed by atoms with Crippen molar-refractivity contribution in [2.45, 2.75) is 33.4 Å². The molecule has 7 aromatic rings. The van der Waals surface area contributed by atoms with Crippen LogP contribution in [0.1, 0.15) is 15.2 Å². The summed E-state index contributed by atoms with van der Waals surface area (Å²) in [5.41, 5.74) is 7.71. The van der Waals surface area contributed by atoms with E-state index in [9.17, 15) is 0 Å². The van der Waals surface area contributed by atoms with Crippen LogP contribution in [0.4, 0.5) is 0 Å². The minimum atomic E-state index is -2.13. The van der Waals surface area contributed by atoms with Gasteiger partial charge in [0.2, 0.25) is 0 Å². The Morgan fingerprint density at radius 1 is 0.727 bits per heavy atom. The zero-order valence-electron chi connectivity index (χ0n) is 28.1. The molecule has 0 fully saturated rings. The Morgan fingerprint density at radius 3 is 2.23 bits per heavy atom. The van der Waals surface area contributed by atoms with Gasteiger partial charge in [-0.25, -0.2) is 0 Å². The number of rotatable bonds is 4. The Kier molecular flexibility index (Phi) is 8.53. The van der Waals surface area contributed by atoms with Crippen molar-refractivity contribution in [3.8, 4) is 33.6 Å². The molecule has 3 heterocycles. The molecule has 7 rings (SSSR count). The molecule has 0 spiro atoms. The van der Waals surface area contributed by atoms with Crippen LogP contribution in [0.2, 0.25) is 19.6 Å². The third-order valence-corrected chi connectivity index (χ3v) is 10.7. The van der Waals surface area contributed by atoms with Crippen LogP contribution in [-0.2, 0) is 20.1 Å². The maximum Gasteiger partial charge on any atom is 0.0795 e. The molecule has 3 aromatic heterocycles. The SMILES string of the molecule is C[Si](C)(C)c1ccc(-c2[c-]cccc2)nc1.[2H]C([2H])([2H])c1cccc2c1sc1cc(-c3[c-]cc(C)c(-c4ccccc4)c3)ncc12.[Ir]. The van der Waals surface area contributed by atoms with Gasteiger partial charge in [0, 0.05) is 56.8 Å². The number of aryl methyl sites for hydroxylation is 2. The molecule has 0 aliphatic rings. The van der Waals surface area contributed by atoms with Crippen molar-refractivity contribution in [1.29, 1.82) is 0 Å². The van der Waals surface area contributed by atoms with Crippen LogP contribution >= 0.6 is 11.3 Å². The number of benzene rings is 4. The quantitative estimate of drug-likeness (QED) is 0.131. The predicted molar refractivity (Wildman–Crippen MR) is 188 cm³/mol. The Bertz CT molecular complexity index is 2120. The van der Waals surface area contributed by atoms with E-state index in [1.165, 1.54) is 16.5 Å². The van der Waals surface area contributed by atoms with E-state index in [2.05, 4.69) is 74.0 Å². The molecule has 5 heteroatoms. The maximum atomic E-state index is 7.85. The number of nitrogens with zero attached hydrogens (tertiary/aromatic N) is 2. The van der Waals surface area contributed by atoms with Gasteiger partial charge >= 0.3 is 0 Å². The molecule has 0 bridgehead atoms. The molecular formula is C39H34IrN2SSi-2. The van der Waals surface area contributed by atoms with Crippen molar-refractivity contribution in [3.63, 3.8) is 0 Å². The summed E-state index contributed by atoms with van der Waals surface area (Å²) >= 11 is 1.51. The van der Waals surface area contributed by atoms with Gasteiger partial charge in [0.25, 0.3) is 0 Å². The van der Waals surface area contributed by atoms with Gasteiger partial charge in [-0.15, -0.1) is 76.6 Å². The predicted octanol–water partition coefficient (Wildman–Crippen LogP) is 10.3. The molecule has 0 aliphatic carbocycles. The molecule has 1 radical (unpaired) electrons. The Hall–Kier alpha value is -3.73. The fourth-order valence-electron chi connectivity index (χ4n) is 5.03. The summed E-state index contributed by atoms with van der Waals surface area (Å²) < 4.78 is 25.4. The molecular weight excluding hydrogens is 749 g/mol. The molecule has 0 atom stereocenters. The number of thiophene rings is 1. The molecule has 221 valence electrons. The van der Waals surface area contributed by atoms with Gasteiger partial charge in [-0.1, -0.05) is 98.9 Å². The molecule has 0 saturated carbocycles. The van der Waals surface area contributed by atoms with Crippen molar-refractivity contribution in [1.82, 2.24) is 9.97 Å². The molecule has 0 unspecified atom stereocenters. The van der Waals surface area contributed by atoms with Crippen molar-refractivity contribution in [2.24, 2.45) is 0 Å². The van der Waals surface area contributed by atoms with Crippen LogP contribution in [0.25, 0.3) is 53.8 Å². The van der Waals surface area contributed by atoms with Crippen LogP contribution in [0.5, 0.6) is 0 Å². The average Bonchev–Trinajstić information content (AvgIpc) is 3.43. The molecule has 0 N–H and O–H groups in total. The Balaban J connectivity index is 0.000000217. The molecule has 4 aromatic carbocycles. The van der Waals surface area contributed by atoms with E-state index in [4.69, 9.17) is 9.10 Å². The second-order valence-electron chi connectivity index (χ2n) is 11.6. The van der Waals surface area contributed by atoms with E-state index in [1.54, 1.807) is 6.07 Å². The van der Waals surface area contributed by atoms with Gasteiger partial charge in [0.05, 0.1) is 8.07 Å². The van der Waals surface area contributed by atoms with Crippen LogP contribution in [0.15, 0.2) is 116 Å². The zero-order chi connectivity index (χ0) is 32.5. The van der Waals surface area contributed by atoms with Crippen LogP contribution in [0.3, 0.4) is 0 Å². The molecule has 0 amide bonds. The summed E-state index contributed by atoms with van der Waals surface area (Å²) in [6.45, 7) is 6.95. The molecule has 44 heavy (non-hydrogen) atoms. The van der Waals surface area contributed by atoms with Crippen LogP contribution < -0.4 is 5.19 Å². The number of aromatic nitrogens is 2. The second kappa shape index (κ2) is 13.5. The van der Waals surface area contributed by atoms with Crippen molar-refractivity contribution in [3.05, 3.63) is 139 Å². The first kappa shape index (κ1) is 27.8. The molecule has 0 aliphatic heterocycles. The first-order valence-corrected chi connectivity index (χ1v) is 18.6. The smallest absolute Gasteiger partial charge is 0.0795 e. The minimum Gasteiger partial charge on any atom is -0.305 e. The van der Waals surface area contributed by atoms with E-state index in [-0.39, 0.29) is 20.1 Å². The summed E-state index contributed by atoms with van der Waals surface area (Å²) in [4.78, 5) is 9.21. The van der Waals surface area contributed by atoms with E-state index in [1.807, 2.05) is 79.1 Å².